The van der Waals surface area contributed by atoms with Gasteiger partial charge in [-0.05, 0) is 54.1 Å². The van der Waals surface area contributed by atoms with Crippen molar-refractivity contribution in [3.8, 4) is 10.4 Å². The molecule has 1 aromatic carbocycles. The fourth-order valence-electron chi connectivity index (χ4n) is 4.63. The van der Waals surface area contributed by atoms with Crippen LogP contribution in [0.4, 0.5) is 4.39 Å². The number of nitrogens with zero attached hydrogens (tertiary/aromatic N) is 1. The number of carbonyl (C=O) groups excluding carboxylic acids is 3. The molecule has 0 saturated carbocycles. The van der Waals surface area contributed by atoms with E-state index in [2.05, 4.69) is 4.98 Å². The Morgan fingerprint density at radius 1 is 0.975 bits per heavy atom. The molecule has 212 valence electrons. The van der Waals surface area contributed by atoms with Crippen LogP contribution in [0.5, 0.6) is 0 Å². The van der Waals surface area contributed by atoms with E-state index in [-0.39, 0.29) is 0 Å². The molecule has 5 atom stereocenters. The van der Waals surface area contributed by atoms with E-state index >= 15 is 0 Å². The fraction of sp³-hybridized carbons (Fsp3) is 0.379. The van der Waals surface area contributed by atoms with Crippen LogP contribution in [0.3, 0.4) is 0 Å². The van der Waals surface area contributed by atoms with Gasteiger partial charge in [0.25, 0.3) is 0 Å². The normalized spacial score (nSPS) is 22.4. The van der Waals surface area contributed by atoms with Crippen LogP contribution in [0.25, 0.3) is 10.4 Å². The van der Waals surface area contributed by atoms with Gasteiger partial charge in [-0.15, -0.1) is 11.3 Å². The number of rotatable bonds is 8. The summed E-state index contributed by atoms with van der Waals surface area (Å²) < 4.78 is 36.0. The van der Waals surface area contributed by atoms with Gasteiger partial charge < -0.3 is 18.9 Å². The number of aromatic nitrogens is 1. The molecule has 1 aliphatic heterocycles. The van der Waals surface area contributed by atoms with E-state index in [1.807, 2.05) is 43.5 Å². The summed E-state index contributed by atoms with van der Waals surface area (Å²) in [6.45, 7) is 5.75. The molecule has 40 heavy (non-hydrogen) atoms. The molecule has 1 saturated heterocycles. The van der Waals surface area contributed by atoms with Crippen LogP contribution in [0.1, 0.15) is 48.4 Å². The standard InChI is InChI=1S/C29H30FNO7S2/c1-15-6-7-19(12-21(15)13-22-9-10-23(40-22)20-8-11-24(30)31-14-20)25-28(39-5)26(35-16(2)32)27(36-17(3)33)29(38-25)37-18(4)34/h6-12,14,25-29H,13H2,1-5H3. The SMILES string of the molecule is CSC1C(c2ccc(C)c(Cc3ccc(-c4ccc(F)nc4)s3)c2)OC(OC(C)=O)C(OC(C)=O)C1OC(C)=O. The maximum absolute atomic E-state index is 13.2. The average molecular weight is 588 g/mol. The lowest BCUT2D eigenvalue weighted by atomic mass is 9.92. The first kappa shape index (κ1) is 29.7. The number of hydrogen-bond donors (Lipinski definition) is 0. The minimum Gasteiger partial charge on any atom is -0.457 e. The zero-order chi connectivity index (χ0) is 29.0. The van der Waals surface area contributed by atoms with Crippen molar-refractivity contribution in [2.75, 3.05) is 6.26 Å². The number of hydrogen-bond acceptors (Lipinski definition) is 10. The minimum absolute atomic E-state index is 0.463. The summed E-state index contributed by atoms with van der Waals surface area (Å²) >= 11 is 3.00. The summed E-state index contributed by atoms with van der Waals surface area (Å²) in [4.78, 5) is 41.7. The molecule has 0 radical (unpaired) electrons. The molecule has 11 heteroatoms. The molecule has 8 nitrogen and oxygen atoms in total. The Morgan fingerprint density at radius 2 is 1.68 bits per heavy atom. The van der Waals surface area contributed by atoms with Crippen molar-refractivity contribution in [1.29, 1.82) is 0 Å². The monoisotopic (exact) mass is 587 g/mol. The van der Waals surface area contributed by atoms with Gasteiger partial charge in [0.2, 0.25) is 18.3 Å². The van der Waals surface area contributed by atoms with Crippen LogP contribution in [0.15, 0.2) is 48.7 Å². The highest BCUT2D eigenvalue weighted by Gasteiger charge is 2.51. The van der Waals surface area contributed by atoms with Gasteiger partial charge in [0.15, 0.2) is 6.10 Å². The predicted octanol–water partition coefficient (Wildman–Crippen LogP) is 5.40. The molecule has 0 bridgehead atoms. The number of pyridine rings is 1. The fourth-order valence-corrected chi connectivity index (χ4v) is 6.60. The zero-order valence-corrected chi connectivity index (χ0v) is 24.3. The topological polar surface area (TPSA) is 101 Å². The van der Waals surface area contributed by atoms with E-state index in [0.29, 0.717) is 6.42 Å². The third-order valence-corrected chi connectivity index (χ3v) is 8.59. The van der Waals surface area contributed by atoms with Crippen LogP contribution in [0, 0.1) is 12.9 Å². The average Bonchev–Trinajstić information content (AvgIpc) is 3.35. The summed E-state index contributed by atoms with van der Waals surface area (Å²) in [6.07, 6.45) is 0.0464. The lowest BCUT2D eigenvalue weighted by Crippen LogP contribution is -2.57. The van der Waals surface area contributed by atoms with E-state index in [0.717, 1.165) is 32.0 Å². The third-order valence-electron chi connectivity index (χ3n) is 6.39. The Labute approximate surface area is 240 Å². The van der Waals surface area contributed by atoms with Gasteiger partial charge >= 0.3 is 17.9 Å². The van der Waals surface area contributed by atoms with Crippen molar-refractivity contribution in [2.45, 2.75) is 64.0 Å². The van der Waals surface area contributed by atoms with E-state index in [1.165, 1.54) is 44.8 Å². The van der Waals surface area contributed by atoms with E-state index in [9.17, 15) is 18.8 Å². The third kappa shape index (κ3) is 7.07. The van der Waals surface area contributed by atoms with Gasteiger partial charge in [-0.2, -0.15) is 16.2 Å². The Balaban J connectivity index is 1.66. The van der Waals surface area contributed by atoms with Crippen molar-refractivity contribution in [3.05, 3.63) is 76.2 Å². The maximum Gasteiger partial charge on any atom is 0.305 e. The molecule has 5 unspecified atom stereocenters. The van der Waals surface area contributed by atoms with Gasteiger partial charge in [-0.25, -0.2) is 4.98 Å². The van der Waals surface area contributed by atoms with Gasteiger partial charge in [-0.3, -0.25) is 14.4 Å². The second kappa shape index (κ2) is 12.9. The molecule has 1 fully saturated rings. The van der Waals surface area contributed by atoms with Crippen LogP contribution < -0.4 is 0 Å². The predicted molar refractivity (Wildman–Crippen MR) is 149 cm³/mol. The molecule has 3 heterocycles. The number of halogens is 1. The molecule has 3 aromatic rings. The lowest BCUT2D eigenvalue weighted by molar-refractivity contribution is -0.266. The highest BCUT2D eigenvalue weighted by Crippen LogP contribution is 2.42. The smallest absolute Gasteiger partial charge is 0.305 e. The van der Waals surface area contributed by atoms with Crippen molar-refractivity contribution in [2.24, 2.45) is 0 Å². The van der Waals surface area contributed by atoms with Crippen molar-refractivity contribution >= 4 is 41.0 Å². The Hall–Kier alpha value is -3.28. The van der Waals surface area contributed by atoms with Crippen LogP contribution in [0.2, 0.25) is 0 Å². The highest BCUT2D eigenvalue weighted by atomic mass is 32.2. The molecule has 4 rings (SSSR count). The number of ether oxygens (including phenoxy) is 4. The number of esters is 3. The molecule has 0 aliphatic carbocycles. The molecular weight excluding hydrogens is 557 g/mol. The lowest BCUT2D eigenvalue weighted by Gasteiger charge is -2.44. The van der Waals surface area contributed by atoms with E-state index in [4.69, 9.17) is 18.9 Å². The van der Waals surface area contributed by atoms with Crippen LogP contribution in [-0.2, 0) is 39.8 Å². The minimum atomic E-state index is -1.27. The van der Waals surface area contributed by atoms with E-state index < -0.39 is 53.7 Å². The molecule has 0 amide bonds. The van der Waals surface area contributed by atoms with Gasteiger partial charge in [0.1, 0.15) is 6.10 Å². The van der Waals surface area contributed by atoms with Crippen molar-refractivity contribution < 1.29 is 37.7 Å². The Kier molecular flexibility index (Phi) is 9.60. The zero-order valence-electron chi connectivity index (χ0n) is 22.7. The summed E-state index contributed by atoms with van der Waals surface area (Å²) in [5.41, 5.74) is 3.78. The van der Waals surface area contributed by atoms with Gasteiger partial charge in [0, 0.05) is 48.7 Å². The van der Waals surface area contributed by atoms with Gasteiger partial charge in [-0.1, -0.05) is 18.2 Å². The number of thioether (sulfide) groups is 1. The maximum atomic E-state index is 13.2. The molecular formula is C29H30FNO7S2. The largest absolute Gasteiger partial charge is 0.457 e. The Bertz CT molecular complexity index is 1380. The summed E-state index contributed by atoms with van der Waals surface area (Å²) in [5.74, 6) is -2.32. The van der Waals surface area contributed by atoms with Crippen molar-refractivity contribution in [1.82, 2.24) is 4.98 Å². The Morgan fingerprint density at radius 3 is 2.30 bits per heavy atom. The second-order valence-electron chi connectivity index (χ2n) is 9.38. The van der Waals surface area contributed by atoms with Crippen molar-refractivity contribution in [3.63, 3.8) is 0 Å². The van der Waals surface area contributed by atoms with Crippen LogP contribution in [-0.4, -0.2) is 52.9 Å². The number of carbonyl (C=O) groups is 3. The summed E-state index contributed by atoms with van der Waals surface area (Å²) in [5, 5.41) is -0.463. The van der Waals surface area contributed by atoms with Gasteiger partial charge in [0.05, 0.1) is 5.25 Å². The molecule has 0 spiro atoms. The molecule has 2 aromatic heterocycles. The first-order valence-corrected chi connectivity index (χ1v) is 14.7. The summed E-state index contributed by atoms with van der Waals surface area (Å²) in [6, 6.07) is 13.0. The number of thiophene rings is 1. The molecule has 0 N–H and O–H groups in total. The first-order chi connectivity index (χ1) is 19.0. The van der Waals surface area contributed by atoms with E-state index in [1.54, 1.807) is 17.4 Å². The first-order valence-electron chi connectivity index (χ1n) is 12.6. The summed E-state index contributed by atoms with van der Waals surface area (Å²) in [7, 11) is 0. The quantitative estimate of drug-likeness (QED) is 0.195. The van der Waals surface area contributed by atoms with Crippen LogP contribution >= 0.6 is 23.1 Å². The second-order valence-corrected chi connectivity index (χ2v) is 11.6. The molecule has 1 aliphatic rings. The number of aryl methyl sites for hydroxylation is 1. The highest BCUT2D eigenvalue weighted by molar-refractivity contribution is 7.99. The number of benzene rings is 1.